The fraction of sp³-hybridized carbons (Fsp3) is 0.684. The van der Waals surface area contributed by atoms with Crippen LogP contribution in [0.3, 0.4) is 0 Å². The second kappa shape index (κ2) is 7.12. The van der Waals surface area contributed by atoms with Crippen molar-refractivity contribution in [3.63, 3.8) is 0 Å². The molecule has 2 aliphatic heterocycles. The number of nitrogens with zero attached hydrogens (tertiary/aromatic N) is 3. The Morgan fingerprint density at radius 2 is 1.68 bits per heavy atom. The highest BCUT2D eigenvalue weighted by molar-refractivity contribution is 5.18. The number of hydrogen-bond acceptors (Lipinski definition) is 3. The van der Waals surface area contributed by atoms with E-state index in [4.69, 9.17) is 0 Å². The fourth-order valence-corrected chi connectivity index (χ4v) is 4.18. The first-order valence-electron chi connectivity index (χ1n) is 8.88. The van der Waals surface area contributed by atoms with Crippen LogP contribution in [0.2, 0.25) is 0 Å². The van der Waals surface area contributed by atoms with E-state index in [2.05, 4.69) is 65.9 Å². The molecule has 0 spiro atoms. The van der Waals surface area contributed by atoms with Crippen molar-refractivity contribution in [2.75, 3.05) is 39.8 Å². The molecule has 0 aliphatic carbocycles. The Hall–Kier alpha value is -0.900. The average Bonchev–Trinajstić information content (AvgIpc) is 2.56. The Balaban J connectivity index is 1.58. The van der Waals surface area contributed by atoms with Gasteiger partial charge in [0.15, 0.2) is 0 Å². The predicted molar refractivity (Wildman–Crippen MR) is 93.1 cm³/mol. The van der Waals surface area contributed by atoms with E-state index in [1.807, 2.05) is 0 Å². The molecular weight excluding hydrogens is 270 g/mol. The van der Waals surface area contributed by atoms with Gasteiger partial charge in [0.2, 0.25) is 0 Å². The smallest absolute Gasteiger partial charge is 0.0322 e. The third kappa shape index (κ3) is 3.53. The molecule has 3 nitrogen and oxygen atoms in total. The van der Waals surface area contributed by atoms with E-state index in [9.17, 15) is 0 Å². The van der Waals surface area contributed by atoms with Crippen LogP contribution in [-0.4, -0.2) is 66.6 Å². The molecule has 1 aromatic rings. The lowest BCUT2D eigenvalue weighted by Gasteiger charge is -2.46. The molecule has 1 aromatic carbocycles. The molecule has 2 saturated heterocycles. The van der Waals surface area contributed by atoms with Crippen molar-refractivity contribution in [1.29, 1.82) is 0 Å². The summed E-state index contributed by atoms with van der Waals surface area (Å²) in [5, 5.41) is 0. The summed E-state index contributed by atoms with van der Waals surface area (Å²) >= 11 is 0. The third-order valence-electron chi connectivity index (χ3n) is 5.73. The van der Waals surface area contributed by atoms with E-state index in [1.54, 1.807) is 0 Å². The van der Waals surface area contributed by atoms with E-state index < -0.39 is 0 Å². The Labute approximate surface area is 135 Å². The van der Waals surface area contributed by atoms with Crippen LogP contribution in [0.4, 0.5) is 0 Å². The van der Waals surface area contributed by atoms with E-state index >= 15 is 0 Å². The minimum atomic E-state index is 0.532. The maximum absolute atomic E-state index is 2.74. The van der Waals surface area contributed by atoms with Gasteiger partial charge < -0.3 is 4.90 Å². The lowest BCUT2D eigenvalue weighted by Crippen LogP contribution is -2.54. The highest BCUT2D eigenvalue weighted by atomic mass is 15.3. The zero-order chi connectivity index (χ0) is 15.5. The number of rotatable bonds is 3. The Morgan fingerprint density at radius 1 is 1.00 bits per heavy atom. The quantitative estimate of drug-likeness (QED) is 0.850. The highest BCUT2D eigenvalue weighted by Gasteiger charge is 2.32. The maximum Gasteiger partial charge on any atom is 0.0322 e. The van der Waals surface area contributed by atoms with Gasteiger partial charge in [-0.25, -0.2) is 0 Å². The number of piperazine rings is 1. The van der Waals surface area contributed by atoms with E-state index in [-0.39, 0.29) is 0 Å². The van der Waals surface area contributed by atoms with Crippen LogP contribution in [0, 0.1) is 0 Å². The number of likely N-dealkylation sites (N-methyl/N-ethyl adjacent to an activating group) is 1. The third-order valence-corrected chi connectivity index (χ3v) is 5.73. The second-order valence-electron chi connectivity index (χ2n) is 7.19. The summed E-state index contributed by atoms with van der Waals surface area (Å²) in [6.45, 7) is 11.0. The SMILES string of the molecule is C[C@H]1CC(N2CCN(C)CC2)CCN1[C@@H](C)c1ccccc1. The van der Waals surface area contributed by atoms with Crippen LogP contribution in [0.15, 0.2) is 30.3 Å². The summed E-state index contributed by atoms with van der Waals surface area (Å²) in [4.78, 5) is 7.88. The van der Waals surface area contributed by atoms with E-state index in [0.717, 1.165) is 6.04 Å². The molecule has 0 saturated carbocycles. The minimum Gasteiger partial charge on any atom is -0.304 e. The number of benzene rings is 1. The molecule has 0 radical (unpaired) electrons. The molecule has 2 heterocycles. The molecular formula is C19H31N3. The molecule has 0 aromatic heterocycles. The van der Waals surface area contributed by atoms with Crippen LogP contribution in [0.25, 0.3) is 0 Å². The average molecular weight is 301 g/mol. The summed E-state index contributed by atoms with van der Waals surface area (Å²) in [6, 6.07) is 13.0. The fourth-order valence-electron chi connectivity index (χ4n) is 4.18. The van der Waals surface area contributed by atoms with E-state index in [1.165, 1.54) is 51.1 Å². The minimum absolute atomic E-state index is 0.532. The van der Waals surface area contributed by atoms with Crippen molar-refractivity contribution in [2.45, 2.75) is 44.8 Å². The van der Waals surface area contributed by atoms with Crippen LogP contribution in [0.1, 0.15) is 38.3 Å². The van der Waals surface area contributed by atoms with Crippen molar-refractivity contribution in [3.8, 4) is 0 Å². The van der Waals surface area contributed by atoms with Crippen molar-refractivity contribution < 1.29 is 0 Å². The molecule has 0 amide bonds. The van der Waals surface area contributed by atoms with Crippen molar-refractivity contribution in [2.24, 2.45) is 0 Å². The summed E-state index contributed by atoms with van der Waals surface area (Å²) in [7, 11) is 2.24. The van der Waals surface area contributed by atoms with Gasteiger partial charge in [0.25, 0.3) is 0 Å². The predicted octanol–water partition coefficient (Wildman–Crippen LogP) is 2.85. The van der Waals surface area contributed by atoms with Gasteiger partial charge in [-0.2, -0.15) is 0 Å². The Kier molecular flexibility index (Phi) is 5.17. The zero-order valence-electron chi connectivity index (χ0n) is 14.4. The van der Waals surface area contributed by atoms with Crippen LogP contribution in [-0.2, 0) is 0 Å². The first kappa shape index (κ1) is 16.0. The topological polar surface area (TPSA) is 9.72 Å². The van der Waals surface area contributed by atoms with Crippen LogP contribution in [0.5, 0.6) is 0 Å². The number of likely N-dealkylation sites (tertiary alicyclic amines) is 1. The molecule has 3 heteroatoms. The van der Waals surface area contributed by atoms with Gasteiger partial charge >= 0.3 is 0 Å². The maximum atomic E-state index is 2.74. The Bertz CT molecular complexity index is 453. The number of hydrogen-bond donors (Lipinski definition) is 0. The van der Waals surface area contributed by atoms with Crippen molar-refractivity contribution in [3.05, 3.63) is 35.9 Å². The normalized spacial score (nSPS) is 30.3. The molecule has 122 valence electrons. The van der Waals surface area contributed by atoms with Gasteiger partial charge in [-0.3, -0.25) is 9.80 Å². The lowest BCUT2D eigenvalue weighted by atomic mass is 9.93. The van der Waals surface area contributed by atoms with Gasteiger partial charge in [-0.1, -0.05) is 30.3 Å². The molecule has 3 atom stereocenters. The van der Waals surface area contributed by atoms with Crippen LogP contribution >= 0.6 is 0 Å². The van der Waals surface area contributed by atoms with Crippen molar-refractivity contribution in [1.82, 2.24) is 14.7 Å². The summed E-state index contributed by atoms with van der Waals surface area (Å²) < 4.78 is 0. The molecule has 22 heavy (non-hydrogen) atoms. The summed E-state index contributed by atoms with van der Waals surface area (Å²) in [6.07, 6.45) is 2.64. The standard InChI is InChI=1S/C19H31N3/c1-16-15-19(21-13-11-20(3)12-14-21)9-10-22(16)17(2)18-7-5-4-6-8-18/h4-8,16-17,19H,9-15H2,1-3H3/t16-,17-,19?/m0/s1. The second-order valence-corrected chi connectivity index (χ2v) is 7.19. The number of piperidine rings is 1. The van der Waals surface area contributed by atoms with Gasteiger partial charge in [0.05, 0.1) is 0 Å². The largest absolute Gasteiger partial charge is 0.304 e. The van der Waals surface area contributed by atoms with Crippen LogP contribution < -0.4 is 0 Å². The zero-order valence-corrected chi connectivity index (χ0v) is 14.4. The van der Waals surface area contributed by atoms with Gasteiger partial charge in [0, 0.05) is 50.8 Å². The Morgan fingerprint density at radius 3 is 2.32 bits per heavy atom. The molecule has 0 bridgehead atoms. The molecule has 1 unspecified atom stereocenters. The summed E-state index contributed by atoms with van der Waals surface area (Å²) in [5.41, 5.74) is 1.45. The molecule has 2 fully saturated rings. The molecule has 2 aliphatic rings. The monoisotopic (exact) mass is 301 g/mol. The first-order chi connectivity index (χ1) is 10.6. The lowest BCUT2D eigenvalue weighted by molar-refractivity contribution is 0.0288. The molecule has 0 N–H and O–H groups in total. The van der Waals surface area contributed by atoms with Gasteiger partial charge in [0.1, 0.15) is 0 Å². The van der Waals surface area contributed by atoms with Gasteiger partial charge in [-0.15, -0.1) is 0 Å². The van der Waals surface area contributed by atoms with E-state index in [0.29, 0.717) is 12.1 Å². The van der Waals surface area contributed by atoms with Crippen molar-refractivity contribution >= 4 is 0 Å². The molecule has 3 rings (SSSR count). The first-order valence-corrected chi connectivity index (χ1v) is 8.88. The highest BCUT2D eigenvalue weighted by Crippen LogP contribution is 2.30. The summed E-state index contributed by atoms with van der Waals surface area (Å²) in [5.74, 6) is 0. The van der Waals surface area contributed by atoms with Gasteiger partial charge in [-0.05, 0) is 39.3 Å².